The number of hydrogen-bond donors (Lipinski definition) is 2. The van der Waals surface area contributed by atoms with Crippen LogP contribution in [0.3, 0.4) is 0 Å². The van der Waals surface area contributed by atoms with Crippen molar-refractivity contribution in [2.45, 2.75) is 26.2 Å². The molecule has 0 fully saturated rings. The molecule has 0 bridgehead atoms. The van der Waals surface area contributed by atoms with Gasteiger partial charge in [0.2, 0.25) is 0 Å². The number of H-pyrrole nitrogens is 1. The maximum atomic E-state index is 5.27. The molecule has 3 rings (SSSR count). The Hall–Kier alpha value is -2.14. The SMILES string of the molecule is COC(OC)c1ccc(CNCCc2c(C)[nH]c3ccccc23)cc1. The van der Waals surface area contributed by atoms with Crippen LogP contribution < -0.4 is 5.32 Å². The summed E-state index contributed by atoms with van der Waals surface area (Å²) in [6.45, 7) is 3.95. The van der Waals surface area contributed by atoms with E-state index in [0.29, 0.717) is 0 Å². The Labute approximate surface area is 149 Å². The molecule has 0 saturated heterocycles. The zero-order valence-corrected chi connectivity index (χ0v) is 15.1. The summed E-state index contributed by atoms with van der Waals surface area (Å²) in [6, 6.07) is 16.8. The third-order valence-electron chi connectivity index (χ3n) is 4.59. The van der Waals surface area contributed by atoms with Crippen LogP contribution in [-0.4, -0.2) is 25.7 Å². The molecule has 0 aliphatic rings. The second kappa shape index (κ2) is 8.30. The lowest BCUT2D eigenvalue weighted by molar-refractivity contribution is -0.106. The molecule has 0 spiro atoms. The maximum Gasteiger partial charge on any atom is 0.183 e. The number of ether oxygens (including phenoxy) is 2. The molecule has 4 nitrogen and oxygen atoms in total. The summed E-state index contributed by atoms with van der Waals surface area (Å²) in [5.74, 6) is 0. The first-order valence-electron chi connectivity index (χ1n) is 8.64. The minimum Gasteiger partial charge on any atom is -0.358 e. The lowest BCUT2D eigenvalue weighted by atomic mass is 10.1. The van der Waals surface area contributed by atoms with Crippen LogP contribution in [0.2, 0.25) is 0 Å². The van der Waals surface area contributed by atoms with Gasteiger partial charge in [0, 0.05) is 42.9 Å². The van der Waals surface area contributed by atoms with E-state index < -0.39 is 0 Å². The van der Waals surface area contributed by atoms with E-state index in [0.717, 1.165) is 25.1 Å². The van der Waals surface area contributed by atoms with Gasteiger partial charge in [-0.25, -0.2) is 0 Å². The normalized spacial score (nSPS) is 11.5. The Morgan fingerprint density at radius 2 is 1.72 bits per heavy atom. The quantitative estimate of drug-likeness (QED) is 0.480. The van der Waals surface area contributed by atoms with Crippen LogP contribution >= 0.6 is 0 Å². The predicted octanol–water partition coefficient (Wildman–Crippen LogP) is 4.10. The van der Waals surface area contributed by atoms with Crippen molar-refractivity contribution in [1.29, 1.82) is 0 Å². The second-order valence-corrected chi connectivity index (χ2v) is 6.25. The van der Waals surface area contributed by atoms with E-state index in [2.05, 4.69) is 65.8 Å². The molecule has 0 saturated carbocycles. The lowest BCUT2D eigenvalue weighted by Crippen LogP contribution is -2.17. The van der Waals surface area contributed by atoms with Crippen molar-refractivity contribution in [2.24, 2.45) is 0 Å². The van der Waals surface area contributed by atoms with Gasteiger partial charge in [-0.1, -0.05) is 42.5 Å². The number of benzene rings is 2. The van der Waals surface area contributed by atoms with Crippen LogP contribution in [0.4, 0.5) is 0 Å². The molecule has 1 heterocycles. The van der Waals surface area contributed by atoms with E-state index in [1.807, 2.05) is 0 Å². The molecule has 1 aromatic heterocycles. The molecule has 2 N–H and O–H groups in total. The van der Waals surface area contributed by atoms with Gasteiger partial charge in [-0.2, -0.15) is 0 Å². The van der Waals surface area contributed by atoms with Crippen molar-refractivity contribution >= 4 is 10.9 Å². The fraction of sp³-hybridized carbons (Fsp3) is 0.333. The van der Waals surface area contributed by atoms with E-state index in [4.69, 9.17) is 9.47 Å². The largest absolute Gasteiger partial charge is 0.358 e. The number of aryl methyl sites for hydroxylation is 1. The highest BCUT2D eigenvalue weighted by molar-refractivity contribution is 5.84. The van der Waals surface area contributed by atoms with E-state index in [1.165, 1.54) is 27.7 Å². The highest BCUT2D eigenvalue weighted by atomic mass is 16.7. The van der Waals surface area contributed by atoms with Crippen LogP contribution in [0.15, 0.2) is 48.5 Å². The minimum atomic E-state index is -0.299. The van der Waals surface area contributed by atoms with E-state index in [1.54, 1.807) is 14.2 Å². The summed E-state index contributed by atoms with van der Waals surface area (Å²) in [5.41, 5.74) is 6.17. The van der Waals surface area contributed by atoms with Gasteiger partial charge in [0.25, 0.3) is 0 Å². The number of hydrogen-bond acceptors (Lipinski definition) is 3. The summed E-state index contributed by atoms with van der Waals surface area (Å²) >= 11 is 0. The van der Waals surface area contributed by atoms with Gasteiger partial charge >= 0.3 is 0 Å². The van der Waals surface area contributed by atoms with Crippen molar-refractivity contribution in [2.75, 3.05) is 20.8 Å². The molecule has 3 aromatic rings. The van der Waals surface area contributed by atoms with Crippen LogP contribution in [-0.2, 0) is 22.4 Å². The Morgan fingerprint density at radius 1 is 1.00 bits per heavy atom. The standard InChI is InChI=1S/C21H26N2O2/c1-15-18(19-6-4-5-7-20(19)23-15)12-13-22-14-16-8-10-17(11-9-16)21(24-2)25-3/h4-11,21-23H,12-14H2,1-3H3. The summed E-state index contributed by atoms with van der Waals surface area (Å²) < 4.78 is 10.5. The average molecular weight is 338 g/mol. The molecule has 4 heteroatoms. The highest BCUT2D eigenvalue weighted by Gasteiger charge is 2.09. The van der Waals surface area contributed by atoms with Gasteiger partial charge in [-0.3, -0.25) is 0 Å². The van der Waals surface area contributed by atoms with Gasteiger partial charge in [-0.15, -0.1) is 0 Å². The van der Waals surface area contributed by atoms with E-state index in [9.17, 15) is 0 Å². The third-order valence-corrected chi connectivity index (χ3v) is 4.59. The fourth-order valence-corrected chi connectivity index (χ4v) is 3.26. The highest BCUT2D eigenvalue weighted by Crippen LogP contribution is 2.22. The third kappa shape index (κ3) is 4.10. The summed E-state index contributed by atoms with van der Waals surface area (Å²) in [6.07, 6.45) is 0.718. The number of methoxy groups -OCH3 is 2. The first-order chi connectivity index (χ1) is 12.2. The van der Waals surface area contributed by atoms with Gasteiger partial charge in [0.1, 0.15) is 0 Å². The lowest BCUT2D eigenvalue weighted by Gasteiger charge is -2.14. The van der Waals surface area contributed by atoms with Crippen molar-refractivity contribution in [3.63, 3.8) is 0 Å². The van der Waals surface area contributed by atoms with Gasteiger partial charge in [0.15, 0.2) is 6.29 Å². The van der Waals surface area contributed by atoms with Crippen LogP contribution in [0.5, 0.6) is 0 Å². The molecule has 0 radical (unpaired) electrons. The number of rotatable bonds is 8. The summed E-state index contributed by atoms with van der Waals surface area (Å²) in [5, 5.41) is 4.86. The van der Waals surface area contributed by atoms with Crippen molar-refractivity contribution < 1.29 is 9.47 Å². The molecule has 0 amide bonds. The maximum absolute atomic E-state index is 5.27. The van der Waals surface area contributed by atoms with E-state index >= 15 is 0 Å². The zero-order chi connectivity index (χ0) is 17.6. The first-order valence-corrected chi connectivity index (χ1v) is 8.64. The number of fused-ring (bicyclic) bond motifs is 1. The molecular formula is C21H26N2O2. The smallest absolute Gasteiger partial charge is 0.183 e. The monoisotopic (exact) mass is 338 g/mol. The van der Waals surface area contributed by atoms with Crippen molar-refractivity contribution in [3.8, 4) is 0 Å². The van der Waals surface area contributed by atoms with Gasteiger partial charge in [-0.05, 0) is 37.1 Å². The van der Waals surface area contributed by atoms with Crippen LogP contribution in [0.25, 0.3) is 10.9 Å². The van der Waals surface area contributed by atoms with Crippen molar-refractivity contribution in [1.82, 2.24) is 10.3 Å². The molecule has 0 unspecified atom stereocenters. The Balaban J connectivity index is 1.54. The molecule has 2 aromatic carbocycles. The van der Waals surface area contributed by atoms with Crippen molar-refractivity contribution in [3.05, 3.63) is 70.9 Å². The Morgan fingerprint density at radius 3 is 2.44 bits per heavy atom. The average Bonchev–Trinajstić information content (AvgIpc) is 2.96. The van der Waals surface area contributed by atoms with Gasteiger partial charge < -0.3 is 19.8 Å². The van der Waals surface area contributed by atoms with Crippen LogP contribution in [0.1, 0.15) is 28.7 Å². The number of para-hydroxylation sites is 1. The molecule has 0 atom stereocenters. The fourth-order valence-electron chi connectivity index (χ4n) is 3.26. The zero-order valence-electron chi connectivity index (χ0n) is 15.1. The molecular weight excluding hydrogens is 312 g/mol. The predicted molar refractivity (Wildman–Crippen MR) is 102 cm³/mol. The molecule has 0 aliphatic heterocycles. The molecule has 132 valence electrons. The number of aromatic amines is 1. The topological polar surface area (TPSA) is 46.3 Å². The number of aromatic nitrogens is 1. The number of nitrogens with one attached hydrogen (secondary N) is 2. The molecule has 25 heavy (non-hydrogen) atoms. The first kappa shape index (κ1) is 17.7. The summed E-state index contributed by atoms with van der Waals surface area (Å²) in [4.78, 5) is 3.46. The Bertz CT molecular complexity index is 804. The Kier molecular flexibility index (Phi) is 5.87. The summed E-state index contributed by atoms with van der Waals surface area (Å²) in [7, 11) is 3.30. The van der Waals surface area contributed by atoms with Gasteiger partial charge in [0.05, 0.1) is 0 Å². The molecule has 0 aliphatic carbocycles. The second-order valence-electron chi connectivity index (χ2n) is 6.25. The minimum absolute atomic E-state index is 0.299. The van der Waals surface area contributed by atoms with E-state index in [-0.39, 0.29) is 6.29 Å². The van der Waals surface area contributed by atoms with Crippen LogP contribution in [0, 0.1) is 6.92 Å².